The molecule has 6 aromatic rings. The summed E-state index contributed by atoms with van der Waals surface area (Å²) in [5.41, 5.74) is 5.47. The zero-order chi connectivity index (χ0) is 18.0. The van der Waals surface area contributed by atoms with Gasteiger partial charge < -0.3 is 8.98 Å². The fourth-order valence-electron chi connectivity index (χ4n) is 4.14. The number of para-hydroxylation sites is 2. The Balaban J connectivity index is 1.88. The van der Waals surface area contributed by atoms with Gasteiger partial charge in [0.1, 0.15) is 11.2 Å². The number of fused-ring (bicyclic) bond motifs is 7. The van der Waals surface area contributed by atoms with Crippen LogP contribution in [0.15, 0.2) is 89.3 Å². The largest absolute Gasteiger partial charge is 0.456 e. The molecule has 2 aromatic heterocycles. The van der Waals surface area contributed by atoms with Crippen LogP contribution in [-0.2, 0) is 0 Å². The van der Waals surface area contributed by atoms with E-state index < -0.39 is 0 Å². The van der Waals surface area contributed by atoms with E-state index in [1.807, 2.05) is 12.1 Å². The van der Waals surface area contributed by atoms with Gasteiger partial charge in [0.05, 0.1) is 11.0 Å². The number of halogens is 1. The van der Waals surface area contributed by atoms with Crippen molar-refractivity contribution in [1.82, 2.24) is 4.57 Å². The molecule has 0 bridgehead atoms. The van der Waals surface area contributed by atoms with Gasteiger partial charge in [0.2, 0.25) is 0 Å². The average Bonchev–Trinajstić information content (AvgIpc) is 3.24. The highest BCUT2D eigenvalue weighted by atomic mass is 127. The lowest BCUT2D eigenvalue weighted by Gasteiger charge is -2.07. The molecule has 128 valence electrons. The van der Waals surface area contributed by atoms with Crippen LogP contribution in [0, 0.1) is 3.57 Å². The first-order valence-electron chi connectivity index (χ1n) is 8.90. The van der Waals surface area contributed by atoms with Gasteiger partial charge in [0, 0.05) is 30.8 Å². The SMILES string of the molecule is Ic1ccc(-n2c3ccccc3c3c4c(ccc32)oc2ccccc24)cc1. The van der Waals surface area contributed by atoms with Crippen LogP contribution in [0.3, 0.4) is 0 Å². The smallest absolute Gasteiger partial charge is 0.136 e. The molecule has 0 radical (unpaired) electrons. The number of aromatic nitrogens is 1. The van der Waals surface area contributed by atoms with Crippen LogP contribution in [0.25, 0.3) is 49.4 Å². The zero-order valence-electron chi connectivity index (χ0n) is 14.3. The molecule has 27 heavy (non-hydrogen) atoms. The first-order chi connectivity index (χ1) is 13.3. The molecule has 0 N–H and O–H groups in total. The van der Waals surface area contributed by atoms with E-state index in [0.717, 1.165) is 11.2 Å². The third kappa shape index (κ3) is 2.12. The highest BCUT2D eigenvalue weighted by molar-refractivity contribution is 14.1. The molecule has 6 rings (SSSR count). The van der Waals surface area contributed by atoms with Crippen LogP contribution in [0.5, 0.6) is 0 Å². The summed E-state index contributed by atoms with van der Waals surface area (Å²) in [5, 5.41) is 4.88. The molecule has 0 amide bonds. The summed E-state index contributed by atoms with van der Waals surface area (Å²) in [7, 11) is 0. The van der Waals surface area contributed by atoms with Crippen molar-refractivity contribution in [3.8, 4) is 5.69 Å². The molecule has 0 aliphatic rings. The van der Waals surface area contributed by atoms with Crippen molar-refractivity contribution in [2.45, 2.75) is 0 Å². The van der Waals surface area contributed by atoms with Crippen molar-refractivity contribution in [2.24, 2.45) is 0 Å². The van der Waals surface area contributed by atoms with Crippen LogP contribution < -0.4 is 0 Å². The molecule has 0 aliphatic carbocycles. The van der Waals surface area contributed by atoms with E-state index in [4.69, 9.17) is 4.42 Å². The maximum atomic E-state index is 6.13. The topological polar surface area (TPSA) is 18.1 Å². The zero-order valence-corrected chi connectivity index (χ0v) is 16.5. The van der Waals surface area contributed by atoms with Crippen molar-refractivity contribution in [2.75, 3.05) is 0 Å². The lowest BCUT2D eigenvalue weighted by atomic mass is 10.1. The predicted molar refractivity (Wildman–Crippen MR) is 121 cm³/mol. The van der Waals surface area contributed by atoms with Crippen LogP contribution in [0.2, 0.25) is 0 Å². The number of hydrogen-bond acceptors (Lipinski definition) is 1. The minimum Gasteiger partial charge on any atom is -0.456 e. The maximum Gasteiger partial charge on any atom is 0.136 e. The Morgan fingerprint density at radius 3 is 2.19 bits per heavy atom. The third-order valence-electron chi connectivity index (χ3n) is 5.26. The highest BCUT2D eigenvalue weighted by Crippen LogP contribution is 2.40. The molecule has 4 aromatic carbocycles. The second-order valence-corrected chi connectivity index (χ2v) is 8.01. The van der Waals surface area contributed by atoms with Crippen molar-refractivity contribution < 1.29 is 4.42 Å². The van der Waals surface area contributed by atoms with Gasteiger partial charge in [-0.1, -0.05) is 36.4 Å². The van der Waals surface area contributed by atoms with Crippen LogP contribution >= 0.6 is 22.6 Å². The third-order valence-corrected chi connectivity index (χ3v) is 5.98. The molecular formula is C24H14INO. The van der Waals surface area contributed by atoms with Gasteiger partial charge in [-0.05, 0) is 71.1 Å². The lowest BCUT2D eigenvalue weighted by molar-refractivity contribution is 0.669. The van der Waals surface area contributed by atoms with Crippen molar-refractivity contribution in [3.63, 3.8) is 0 Å². The number of rotatable bonds is 1. The number of benzene rings is 4. The van der Waals surface area contributed by atoms with Crippen molar-refractivity contribution in [1.29, 1.82) is 0 Å². The van der Waals surface area contributed by atoms with Crippen molar-refractivity contribution >= 4 is 66.3 Å². The lowest BCUT2D eigenvalue weighted by Crippen LogP contribution is -1.93. The van der Waals surface area contributed by atoms with Crippen molar-refractivity contribution in [3.05, 3.63) is 88.5 Å². The molecule has 3 heteroatoms. The van der Waals surface area contributed by atoms with Gasteiger partial charge in [0.15, 0.2) is 0 Å². The molecule has 0 unspecified atom stereocenters. The van der Waals surface area contributed by atoms with E-state index in [1.54, 1.807) is 0 Å². The minimum atomic E-state index is 0.936. The summed E-state index contributed by atoms with van der Waals surface area (Å²) in [6, 6.07) is 29.9. The second kappa shape index (κ2) is 5.60. The Morgan fingerprint density at radius 1 is 0.593 bits per heavy atom. The summed E-state index contributed by atoms with van der Waals surface area (Å²) in [6.45, 7) is 0. The van der Waals surface area contributed by atoms with Crippen LogP contribution in [0.1, 0.15) is 0 Å². The second-order valence-electron chi connectivity index (χ2n) is 6.76. The molecule has 0 fully saturated rings. The Labute approximate surface area is 169 Å². The van der Waals surface area contributed by atoms with Crippen LogP contribution in [0.4, 0.5) is 0 Å². The normalized spacial score (nSPS) is 11.9. The summed E-state index contributed by atoms with van der Waals surface area (Å²) < 4.78 is 9.72. The molecule has 0 spiro atoms. The molecule has 0 aliphatic heterocycles. The van der Waals surface area contributed by atoms with E-state index in [-0.39, 0.29) is 0 Å². The summed E-state index contributed by atoms with van der Waals surface area (Å²) >= 11 is 2.35. The number of hydrogen-bond donors (Lipinski definition) is 0. The predicted octanol–water partition coefficient (Wildman–Crippen LogP) is 7.29. The minimum absolute atomic E-state index is 0.936. The number of furan rings is 1. The standard InChI is InChI=1S/C24H14INO/c25-15-9-11-16(12-10-15)26-19-7-3-1-5-17(19)23-20(26)13-14-22-24(23)18-6-2-4-8-21(18)27-22/h1-14H. The van der Waals surface area contributed by atoms with Gasteiger partial charge in [0.25, 0.3) is 0 Å². The average molecular weight is 459 g/mol. The first-order valence-corrected chi connectivity index (χ1v) is 9.98. The van der Waals surface area contributed by atoms with E-state index in [1.165, 1.54) is 41.8 Å². The van der Waals surface area contributed by atoms with E-state index in [2.05, 4.69) is 100.0 Å². The highest BCUT2D eigenvalue weighted by Gasteiger charge is 2.17. The molecule has 2 nitrogen and oxygen atoms in total. The van der Waals surface area contributed by atoms with Gasteiger partial charge >= 0.3 is 0 Å². The molecular weight excluding hydrogens is 445 g/mol. The fourth-order valence-corrected chi connectivity index (χ4v) is 4.50. The fraction of sp³-hybridized carbons (Fsp3) is 0. The Kier molecular flexibility index (Phi) is 3.17. The molecule has 0 saturated heterocycles. The summed E-state index contributed by atoms with van der Waals surface area (Å²) in [5.74, 6) is 0. The van der Waals surface area contributed by atoms with E-state index in [0.29, 0.717) is 0 Å². The molecule has 0 saturated carbocycles. The van der Waals surface area contributed by atoms with Gasteiger partial charge in [-0.3, -0.25) is 0 Å². The first kappa shape index (κ1) is 15.3. The van der Waals surface area contributed by atoms with Gasteiger partial charge in [-0.25, -0.2) is 0 Å². The van der Waals surface area contributed by atoms with E-state index in [9.17, 15) is 0 Å². The van der Waals surface area contributed by atoms with Gasteiger partial charge in [-0.2, -0.15) is 0 Å². The molecule has 0 atom stereocenters. The van der Waals surface area contributed by atoms with Crippen LogP contribution in [-0.4, -0.2) is 4.57 Å². The maximum absolute atomic E-state index is 6.13. The summed E-state index contributed by atoms with van der Waals surface area (Å²) in [6.07, 6.45) is 0. The number of nitrogens with zero attached hydrogens (tertiary/aromatic N) is 1. The quantitative estimate of drug-likeness (QED) is 0.236. The summed E-state index contributed by atoms with van der Waals surface area (Å²) in [4.78, 5) is 0. The Bertz CT molecular complexity index is 1470. The Morgan fingerprint density at radius 2 is 1.33 bits per heavy atom. The monoisotopic (exact) mass is 459 g/mol. The van der Waals surface area contributed by atoms with Gasteiger partial charge in [-0.15, -0.1) is 0 Å². The Hall–Kier alpha value is -2.79. The molecule has 2 heterocycles. The van der Waals surface area contributed by atoms with E-state index >= 15 is 0 Å².